The third kappa shape index (κ3) is 4.03. The minimum atomic E-state index is 0.100. The molecule has 0 amide bonds. The quantitative estimate of drug-likeness (QED) is 0.771. The summed E-state index contributed by atoms with van der Waals surface area (Å²) in [6.07, 6.45) is 3.11. The molecule has 1 heterocycles. The molecular weight excluding hydrogens is 322 g/mol. The fraction of sp³-hybridized carbons (Fsp3) is 0.455. The number of halogens is 2. The van der Waals surface area contributed by atoms with E-state index in [1.807, 2.05) is 6.07 Å². The molecule has 1 rings (SSSR count). The fourth-order valence-corrected chi connectivity index (χ4v) is 2.37. The zero-order chi connectivity index (χ0) is 11.4. The van der Waals surface area contributed by atoms with Crippen LogP contribution in [0.25, 0.3) is 0 Å². The van der Waals surface area contributed by atoms with E-state index in [0.29, 0.717) is 18.0 Å². The lowest BCUT2D eigenvalue weighted by Crippen LogP contribution is -2.04. The minimum absolute atomic E-state index is 0.100. The Bertz CT molecular complexity index is 364. The van der Waals surface area contributed by atoms with Crippen LogP contribution < -0.4 is 0 Å². The lowest BCUT2D eigenvalue weighted by Gasteiger charge is -2.05. The first-order valence-electron chi connectivity index (χ1n) is 4.85. The van der Waals surface area contributed by atoms with Crippen molar-refractivity contribution < 1.29 is 4.79 Å². The summed E-state index contributed by atoms with van der Waals surface area (Å²) in [5, 5.41) is 0. The molecule has 0 aromatic carbocycles. The molecule has 1 aromatic heterocycles. The van der Waals surface area contributed by atoms with Gasteiger partial charge in [-0.05, 0) is 50.3 Å². The lowest BCUT2D eigenvalue weighted by molar-refractivity contribution is 0.0970. The van der Waals surface area contributed by atoms with Crippen LogP contribution in [0.1, 0.15) is 37.2 Å². The van der Waals surface area contributed by atoms with E-state index in [0.717, 1.165) is 15.4 Å². The first kappa shape index (κ1) is 12.8. The Morgan fingerprint density at radius 2 is 2.13 bits per heavy atom. The van der Waals surface area contributed by atoms with Gasteiger partial charge in [0.05, 0.1) is 0 Å². The van der Waals surface area contributed by atoms with Crippen molar-refractivity contribution >= 4 is 37.6 Å². The Balaban J connectivity index is 2.74. The van der Waals surface area contributed by atoms with E-state index >= 15 is 0 Å². The molecule has 0 aliphatic rings. The molecule has 0 unspecified atom stereocenters. The number of pyridine rings is 1. The van der Waals surface area contributed by atoms with Crippen LogP contribution >= 0.6 is 31.9 Å². The number of aromatic nitrogens is 1. The van der Waals surface area contributed by atoms with Crippen molar-refractivity contribution in [3.63, 3.8) is 0 Å². The number of carbonyl (C=O) groups excluding carboxylic acids is 1. The summed E-state index contributed by atoms with van der Waals surface area (Å²) in [4.78, 5) is 15.9. The van der Waals surface area contributed by atoms with Gasteiger partial charge in [0.15, 0.2) is 5.78 Å². The molecule has 0 aliphatic carbocycles. The van der Waals surface area contributed by atoms with Crippen molar-refractivity contribution in [1.29, 1.82) is 0 Å². The molecule has 0 N–H and O–H groups in total. The van der Waals surface area contributed by atoms with E-state index in [4.69, 9.17) is 0 Å². The van der Waals surface area contributed by atoms with E-state index in [9.17, 15) is 4.79 Å². The molecule has 4 heteroatoms. The monoisotopic (exact) mass is 333 g/mol. The molecule has 0 saturated carbocycles. The number of carbonyl (C=O) groups is 1. The van der Waals surface area contributed by atoms with E-state index in [1.54, 1.807) is 6.20 Å². The largest absolute Gasteiger partial charge is 0.292 e. The van der Waals surface area contributed by atoms with Gasteiger partial charge in [-0.1, -0.05) is 13.8 Å². The van der Waals surface area contributed by atoms with Gasteiger partial charge in [0.25, 0.3) is 0 Å². The molecule has 2 nitrogen and oxygen atoms in total. The highest BCUT2D eigenvalue weighted by Crippen LogP contribution is 2.21. The topological polar surface area (TPSA) is 30.0 Å². The summed E-state index contributed by atoms with van der Waals surface area (Å²) in [6.45, 7) is 4.22. The fourth-order valence-electron chi connectivity index (χ4n) is 1.16. The Labute approximate surface area is 107 Å². The highest BCUT2D eigenvalue weighted by atomic mass is 79.9. The molecule has 0 fully saturated rings. The average Bonchev–Trinajstić information content (AvgIpc) is 2.14. The number of nitrogens with zero attached hydrogens (tertiary/aromatic N) is 1. The van der Waals surface area contributed by atoms with Crippen molar-refractivity contribution in [3.8, 4) is 0 Å². The minimum Gasteiger partial charge on any atom is -0.292 e. The van der Waals surface area contributed by atoms with Crippen LogP contribution in [0.4, 0.5) is 0 Å². The zero-order valence-corrected chi connectivity index (χ0v) is 11.9. The van der Waals surface area contributed by atoms with E-state index in [1.165, 1.54) is 0 Å². The third-order valence-corrected chi connectivity index (χ3v) is 3.06. The number of rotatable bonds is 4. The van der Waals surface area contributed by atoms with Crippen molar-refractivity contribution in [2.45, 2.75) is 26.7 Å². The Morgan fingerprint density at radius 1 is 1.47 bits per heavy atom. The predicted molar refractivity (Wildman–Crippen MR) is 68.0 cm³/mol. The number of hydrogen-bond donors (Lipinski definition) is 0. The summed E-state index contributed by atoms with van der Waals surface area (Å²) < 4.78 is 1.63. The van der Waals surface area contributed by atoms with Crippen molar-refractivity contribution in [2.75, 3.05) is 0 Å². The smallest absolute Gasteiger partial charge is 0.182 e. The number of hydrogen-bond acceptors (Lipinski definition) is 2. The van der Waals surface area contributed by atoms with Crippen molar-refractivity contribution in [3.05, 3.63) is 26.9 Å². The highest BCUT2D eigenvalue weighted by molar-refractivity contribution is 9.11. The van der Waals surface area contributed by atoms with Crippen LogP contribution in [0.15, 0.2) is 21.2 Å². The molecule has 0 aliphatic heterocycles. The van der Waals surface area contributed by atoms with E-state index < -0.39 is 0 Å². The third-order valence-electron chi connectivity index (χ3n) is 2.02. The lowest BCUT2D eigenvalue weighted by atomic mass is 10.0. The molecule has 15 heavy (non-hydrogen) atoms. The Hall–Kier alpha value is -0.220. The van der Waals surface area contributed by atoms with E-state index in [2.05, 4.69) is 50.7 Å². The molecule has 0 spiro atoms. The van der Waals surface area contributed by atoms with Crippen molar-refractivity contribution in [2.24, 2.45) is 5.92 Å². The van der Waals surface area contributed by atoms with Crippen LogP contribution in [0.2, 0.25) is 0 Å². The van der Waals surface area contributed by atoms with Crippen LogP contribution in [0.3, 0.4) is 0 Å². The van der Waals surface area contributed by atoms with Gasteiger partial charge in [0.1, 0.15) is 5.69 Å². The summed E-state index contributed by atoms with van der Waals surface area (Å²) in [6, 6.07) is 1.84. The van der Waals surface area contributed by atoms with Gasteiger partial charge in [0, 0.05) is 21.6 Å². The summed E-state index contributed by atoms with van der Waals surface area (Å²) in [5.74, 6) is 0.645. The molecule has 0 radical (unpaired) electrons. The molecule has 0 saturated heterocycles. The maximum absolute atomic E-state index is 11.8. The normalized spacial score (nSPS) is 10.7. The standard InChI is InChI=1S/C11H13Br2NO/c1-7(2)3-4-10(15)11-9(13)5-8(12)6-14-11/h5-7H,3-4H2,1-2H3. The summed E-state index contributed by atoms with van der Waals surface area (Å²) >= 11 is 6.65. The second kappa shape index (κ2) is 5.75. The van der Waals surface area contributed by atoms with Crippen LogP contribution in [-0.2, 0) is 0 Å². The van der Waals surface area contributed by atoms with Crippen LogP contribution in [-0.4, -0.2) is 10.8 Å². The second-order valence-electron chi connectivity index (χ2n) is 3.84. The summed E-state index contributed by atoms with van der Waals surface area (Å²) in [7, 11) is 0. The predicted octanol–water partition coefficient (Wildman–Crippen LogP) is 4.23. The van der Waals surface area contributed by atoms with Crippen LogP contribution in [0, 0.1) is 5.92 Å². The Kier molecular flexibility index (Phi) is 4.93. The number of ketones is 1. The van der Waals surface area contributed by atoms with Crippen LogP contribution in [0.5, 0.6) is 0 Å². The van der Waals surface area contributed by atoms with Gasteiger partial charge in [-0.25, -0.2) is 0 Å². The first-order valence-corrected chi connectivity index (χ1v) is 6.43. The maximum atomic E-state index is 11.8. The molecule has 0 bridgehead atoms. The van der Waals surface area contributed by atoms with Gasteiger partial charge in [-0.2, -0.15) is 0 Å². The summed E-state index contributed by atoms with van der Waals surface area (Å²) in [5.41, 5.74) is 0.527. The molecule has 1 aromatic rings. The van der Waals surface area contributed by atoms with Gasteiger partial charge < -0.3 is 0 Å². The molecule has 0 atom stereocenters. The van der Waals surface area contributed by atoms with Crippen molar-refractivity contribution in [1.82, 2.24) is 4.98 Å². The SMILES string of the molecule is CC(C)CCC(=O)c1ncc(Br)cc1Br. The maximum Gasteiger partial charge on any atom is 0.182 e. The average molecular weight is 335 g/mol. The molecule has 82 valence electrons. The van der Waals surface area contributed by atoms with Gasteiger partial charge in [0.2, 0.25) is 0 Å². The van der Waals surface area contributed by atoms with E-state index in [-0.39, 0.29) is 5.78 Å². The van der Waals surface area contributed by atoms with Gasteiger partial charge in [-0.3, -0.25) is 9.78 Å². The second-order valence-corrected chi connectivity index (χ2v) is 5.61. The zero-order valence-electron chi connectivity index (χ0n) is 8.76. The highest BCUT2D eigenvalue weighted by Gasteiger charge is 2.12. The molecular formula is C11H13Br2NO. The Morgan fingerprint density at radius 3 is 2.67 bits per heavy atom. The van der Waals surface area contributed by atoms with Gasteiger partial charge >= 0.3 is 0 Å². The first-order chi connectivity index (χ1) is 7.00. The number of Topliss-reactive ketones (excluding diaryl/α,β-unsaturated/α-hetero) is 1. The van der Waals surface area contributed by atoms with Gasteiger partial charge in [-0.15, -0.1) is 0 Å².